The fraction of sp³-hybridized carbons (Fsp3) is 0.611. The number of piperidine rings is 1. The minimum Gasteiger partial charge on any atom is -0.378 e. The van der Waals surface area contributed by atoms with Gasteiger partial charge in [0, 0.05) is 46.2 Å². The fourth-order valence-corrected chi connectivity index (χ4v) is 3.72. The summed E-state index contributed by atoms with van der Waals surface area (Å²) in [7, 11) is 3.59. The average Bonchev–Trinajstić information content (AvgIpc) is 3.11. The number of anilines is 1. The van der Waals surface area contributed by atoms with E-state index in [0.717, 1.165) is 62.8 Å². The predicted molar refractivity (Wildman–Crippen MR) is 98.7 cm³/mol. The third kappa shape index (κ3) is 3.33. The lowest BCUT2D eigenvalue weighted by atomic mass is 9.98. The molecule has 26 heavy (non-hydrogen) atoms. The lowest BCUT2D eigenvalue weighted by Gasteiger charge is -2.33. The molecule has 0 aromatic carbocycles. The van der Waals surface area contributed by atoms with Gasteiger partial charge >= 0.3 is 6.03 Å². The van der Waals surface area contributed by atoms with Gasteiger partial charge < -0.3 is 19.4 Å². The molecule has 2 amide bonds. The minimum absolute atomic E-state index is 0.0630. The molecule has 2 aromatic heterocycles. The molecule has 0 unspecified atom stereocenters. The molecule has 0 saturated carbocycles. The highest BCUT2D eigenvalue weighted by Gasteiger charge is 2.28. The van der Waals surface area contributed by atoms with Gasteiger partial charge in [-0.05, 0) is 25.0 Å². The van der Waals surface area contributed by atoms with Gasteiger partial charge in [0.2, 0.25) is 0 Å². The third-order valence-corrected chi connectivity index (χ3v) is 5.15. The molecule has 4 heterocycles. The van der Waals surface area contributed by atoms with E-state index in [4.69, 9.17) is 14.8 Å². The number of morpholine rings is 1. The molecular formula is C18H26N6O2. The molecule has 0 aliphatic carbocycles. The van der Waals surface area contributed by atoms with Gasteiger partial charge in [-0.15, -0.1) is 0 Å². The molecule has 4 rings (SSSR count). The number of likely N-dealkylation sites (tertiary alicyclic amines) is 1. The van der Waals surface area contributed by atoms with Crippen LogP contribution in [0.25, 0.3) is 5.65 Å². The molecule has 2 aliphatic rings. The summed E-state index contributed by atoms with van der Waals surface area (Å²) in [5.41, 5.74) is 2.00. The van der Waals surface area contributed by atoms with E-state index in [1.165, 1.54) is 0 Å². The van der Waals surface area contributed by atoms with Crippen LogP contribution in [0.5, 0.6) is 0 Å². The number of ether oxygens (including phenoxy) is 1. The number of carbonyl (C=O) groups excluding carboxylic acids is 1. The Bertz CT molecular complexity index is 783. The first-order chi connectivity index (χ1) is 12.6. The van der Waals surface area contributed by atoms with Crippen molar-refractivity contribution in [2.45, 2.75) is 18.8 Å². The number of carbonyl (C=O) groups is 1. The molecule has 2 saturated heterocycles. The quantitative estimate of drug-likeness (QED) is 0.812. The van der Waals surface area contributed by atoms with Crippen molar-refractivity contribution in [2.24, 2.45) is 0 Å². The van der Waals surface area contributed by atoms with Crippen molar-refractivity contribution in [3.05, 3.63) is 24.2 Å². The van der Waals surface area contributed by atoms with Gasteiger partial charge in [0.1, 0.15) is 0 Å². The van der Waals surface area contributed by atoms with E-state index in [1.54, 1.807) is 19.0 Å². The number of rotatable bonds is 2. The first-order valence-electron chi connectivity index (χ1n) is 9.27. The second-order valence-electron chi connectivity index (χ2n) is 7.22. The molecule has 0 spiro atoms. The van der Waals surface area contributed by atoms with Gasteiger partial charge in [-0.25, -0.2) is 14.3 Å². The van der Waals surface area contributed by atoms with Gasteiger partial charge in [0.15, 0.2) is 11.5 Å². The SMILES string of the molecule is CN(C)C(=O)N1CCC[C@H](c2nc3ccc(N4CCOCC4)cn3n2)C1. The second-order valence-corrected chi connectivity index (χ2v) is 7.22. The van der Waals surface area contributed by atoms with E-state index in [1.807, 2.05) is 21.7 Å². The molecule has 1 atom stereocenters. The van der Waals surface area contributed by atoms with E-state index in [9.17, 15) is 4.79 Å². The smallest absolute Gasteiger partial charge is 0.319 e. The number of aromatic nitrogens is 3. The summed E-state index contributed by atoms with van der Waals surface area (Å²) >= 11 is 0. The van der Waals surface area contributed by atoms with Crippen LogP contribution in [0.4, 0.5) is 10.5 Å². The number of nitrogens with zero attached hydrogens (tertiary/aromatic N) is 6. The molecule has 0 bridgehead atoms. The lowest BCUT2D eigenvalue weighted by Crippen LogP contribution is -2.44. The molecule has 0 N–H and O–H groups in total. The Kier molecular flexibility index (Phi) is 4.67. The van der Waals surface area contributed by atoms with Crippen molar-refractivity contribution in [1.82, 2.24) is 24.4 Å². The molecule has 8 heteroatoms. The maximum Gasteiger partial charge on any atom is 0.319 e. The van der Waals surface area contributed by atoms with Crippen LogP contribution in [0.15, 0.2) is 18.3 Å². The zero-order valence-electron chi connectivity index (χ0n) is 15.5. The summed E-state index contributed by atoms with van der Waals surface area (Å²) < 4.78 is 7.29. The molecule has 0 radical (unpaired) electrons. The Labute approximate surface area is 153 Å². The Balaban J connectivity index is 1.54. The van der Waals surface area contributed by atoms with Crippen molar-refractivity contribution >= 4 is 17.4 Å². The van der Waals surface area contributed by atoms with Crippen LogP contribution in [-0.4, -0.2) is 83.9 Å². The van der Waals surface area contributed by atoms with Crippen molar-refractivity contribution in [3.8, 4) is 0 Å². The highest BCUT2D eigenvalue weighted by molar-refractivity contribution is 5.74. The number of pyridine rings is 1. The minimum atomic E-state index is 0.0630. The van der Waals surface area contributed by atoms with Gasteiger partial charge in [-0.1, -0.05) is 0 Å². The van der Waals surface area contributed by atoms with Crippen molar-refractivity contribution in [1.29, 1.82) is 0 Å². The zero-order valence-corrected chi connectivity index (χ0v) is 15.5. The number of hydrogen-bond donors (Lipinski definition) is 0. The topological polar surface area (TPSA) is 66.2 Å². The summed E-state index contributed by atoms with van der Waals surface area (Å²) in [5, 5.41) is 4.73. The van der Waals surface area contributed by atoms with Crippen LogP contribution in [0, 0.1) is 0 Å². The van der Waals surface area contributed by atoms with Gasteiger partial charge in [-0.2, -0.15) is 5.10 Å². The van der Waals surface area contributed by atoms with Crippen LogP contribution in [-0.2, 0) is 4.74 Å². The molecule has 140 valence electrons. The Morgan fingerprint density at radius 2 is 2.04 bits per heavy atom. The standard InChI is InChI=1S/C18H26N6O2/c1-21(2)18(25)23-7-3-4-14(12-23)17-19-16-6-5-15(13-24(16)20-17)22-8-10-26-11-9-22/h5-6,13-14H,3-4,7-12H2,1-2H3/t14-/m0/s1. The van der Waals surface area contributed by atoms with E-state index in [2.05, 4.69) is 11.0 Å². The molecule has 8 nitrogen and oxygen atoms in total. The summed E-state index contributed by atoms with van der Waals surface area (Å²) in [6.45, 7) is 4.82. The highest BCUT2D eigenvalue weighted by Crippen LogP contribution is 2.26. The van der Waals surface area contributed by atoms with Gasteiger partial charge in [-0.3, -0.25) is 0 Å². The Morgan fingerprint density at radius 3 is 2.81 bits per heavy atom. The normalized spacial score (nSPS) is 21.2. The molecule has 2 aliphatic heterocycles. The summed E-state index contributed by atoms with van der Waals surface area (Å²) in [5.74, 6) is 1.03. The third-order valence-electron chi connectivity index (χ3n) is 5.15. The fourth-order valence-electron chi connectivity index (χ4n) is 3.72. The largest absolute Gasteiger partial charge is 0.378 e. The first-order valence-corrected chi connectivity index (χ1v) is 9.27. The van der Waals surface area contributed by atoms with Gasteiger partial charge in [0.25, 0.3) is 0 Å². The number of hydrogen-bond acceptors (Lipinski definition) is 5. The van der Waals surface area contributed by atoms with Crippen LogP contribution >= 0.6 is 0 Å². The number of urea groups is 1. The summed E-state index contributed by atoms with van der Waals surface area (Å²) in [6.07, 6.45) is 4.05. The summed E-state index contributed by atoms with van der Waals surface area (Å²) in [4.78, 5) is 22.8. The van der Waals surface area contributed by atoms with E-state index < -0.39 is 0 Å². The maximum absolute atomic E-state index is 12.3. The van der Waals surface area contributed by atoms with E-state index >= 15 is 0 Å². The average molecular weight is 358 g/mol. The van der Waals surface area contributed by atoms with E-state index in [0.29, 0.717) is 6.54 Å². The maximum atomic E-state index is 12.3. The van der Waals surface area contributed by atoms with Gasteiger partial charge in [0.05, 0.1) is 25.1 Å². The lowest BCUT2D eigenvalue weighted by molar-refractivity contribution is 0.122. The van der Waals surface area contributed by atoms with Crippen LogP contribution in [0.3, 0.4) is 0 Å². The van der Waals surface area contributed by atoms with Crippen LogP contribution in [0.1, 0.15) is 24.6 Å². The summed E-state index contributed by atoms with van der Waals surface area (Å²) in [6, 6.07) is 4.18. The van der Waals surface area contributed by atoms with E-state index in [-0.39, 0.29) is 11.9 Å². The first kappa shape index (κ1) is 17.1. The predicted octanol–water partition coefficient (Wildman–Crippen LogP) is 1.43. The molecular weight excluding hydrogens is 332 g/mol. The van der Waals surface area contributed by atoms with Crippen molar-refractivity contribution in [3.63, 3.8) is 0 Å². The van der Waals surface area contributed by atoms with Crippen LogP contribution in [0.2, 0.25) is 0 Å². The monoisotopic (exact) mass is 358 g/mol. The number of fused-ring (bicyclic) bond motifs is 1. The Morgan fingerprint density at radius 1 is 1.23 bits per heavy atom. The highest BCUT2D eigenvalue weighted by atomic mass is 16.5. The molecule has 2 aromatic rings. The van der Waals surface area contributed by atoms with Crippen LogP contribution < -0.4 is 4.90 Å². The second kappa shape index (κ2) is 7.11. The number of amides is 2. The van der Waals surface area contributed by atoms with Crippen molar-refractivity contribution in [2.75, 3.05) is 58.4 Å². The molecule has 2 fully saturated rings. The van der Waals surface area contributed by atoms with Crippen molar-refractivity contribution < 1.29 is 9.53 Å². The zero-order chi connectivity index (χ0) is 18.1. The Hall–Kier alpha value is -2.35.